The Morgan fingerprint density at radius 3 is 2.62 bits per heavy atom. The van der Waals surface area contributed by atoms with Gasteiger partial charge in [-0.25, -0.2) is 0 Å². The summed E-state index contributed by atoms with van der Waals surface area (Å²) in [4.78, 5) is 12.3. The van der Waals surface area contributed by atoms with E-state index in [1.54, 1.807) is 25.3 Å². The van der Waals surface area contributed by atoms with Crippen LogP contribution in [0.15, 0.2) is 18.2 Å². The molecule has 2 N–H and O–H groups in total. The molecule has 0 saturated heterocycles. The molecule has 114 valence electrons. The first kappa shape index (κ1) is 17.1. The third-order valence-corrected chi connectivity index (χ3v) is 3.41. The maximum absolute atomic E-state index is 12.3. The topological polar surface area (TPSA) is 58.6 Å². The number of hydrogen-bond acceptors (Lipinski definition) is 3. The summed E-state index contributed by atoms with van der Waals surface area (Å²) in [6, 6.07) is 5.12. The number of nitrogens with one attached hydrogen (secondary N) is 1. The van der Waals surface area contributed by atoms with Crippen LogP contribution in [0.1, 0.15) is 43.6 Å². The molecule has 0 aliphatic heterocycles. The van der Waals surface area contributed by atoms with Gasteiger partial charge in [-0.2, -0.15) is 0 Å². The Balaban J connectivity index is 3.01. The summed E-state index contributed by atoms with van der Waals surface area (Å²) in [6.45, 7) is 7.97. The molecular weight excluding hydrogens is 266 g/mol. The summed E-state index contributed by atoms with van der Waals surface area (Å²) in [5.74, 6) is 5.79. The van der Waals surface area contributed by atoms with E-state index in [2.05, 4.69) is 37.9 Å². The van der Waals surface area contributed by atoms with Gasteiger partial charge in [0.15, 0.2) is 0 Å². The maximum Gasteiger partial charge on any atom is 0.251 e. The Labute approximate surface area is 126 Å². The summed E-state index contributed by atoms with van der Waals surface area (Å²) in [7, 11) is 1.54. The highest BCUT2D eigenvalue weighted by molar-refractivity contribution is 5.95. The molecule has 1 aromatic carbocycles. The summed E-state index contributed by atoms with van der Waals surface area (Å²) >= 11 is 0. The van der Waals surface area contributed by atoms with Gasteiger partial charge in [0.05, 0.1) is 12.7 Å². The van der Waals surface area contributed by atoms with E-state index < -0.39 is 0 Å². The van der Waals surface area contributed by atoms with Crippen molar-refractivity contribution in [2.75, 3.05) is 13.7 Å². The molecule has 1 rings (SSSR count). The van der Waals surface area contributed by atoms with Gasteiger partial charge in [-0.3, -0.25) is 4.79 Å². The van der Waals surface area contributed by atoms with Gasteiger partial charge in [0, 0.05) is 11.6 Å². The van der Waals surface area contributed by atoms with Crippen molar-refractivity contribution >= 4 is 5.91 Å². The molecule has 0 aliphatic carbocycles. The van der Waals surface area contributed by atoms with Crippen LogP contribution in [0.3, 0.4) is 0 Å². The van der Waals surface area contributed by atoms with Gasteiger partial charge in [-0.05, 0) is 30.5 Å². The first-order chi connectivity index (χ1) is 9.79. The van der Waals surface area contributed by atoms with Gasteiger partial charge in [-0.15, -0.1) is 0 Å². The third-order valence-electron chi connectivity index (χ3n) is 3.41. The normalized spacial score (nSPS) is 12.1. The number of methoxy groups -OCH3 is 1. The highest BCUT2D eigenvalue weighted by Gasteiger charge is 2.22. The van der Waals surface area contributed by atoms with Crippen molar-refractivity contribution in [3.8, 4) is 17.6 Å². The molecule has 21 heavy (non-hydrogen) atoms. The molecule has 1 unspecified atom stereocenters. The molecule has 0 heterocycles. The lowest BCUT2D eigenvalue weighted by atomic mass is 9.88. The van der Waals surface area contributed by atoms with Crippen molar-refractivity contribution in [3.63, 3.8) is 0 Å². The van der Waals surface area contributed by atoms with Crippen LogP contribution in [0.2, 0.25) is 0 Å². The first-order valence-electron chi connectivity index (χ1n) is 6.88. The average Bonchev–Trinajstić information content (AvgIpc) is 2.43. The van der Waals surface area contributed by atoms with E-state index in [1.807, 2.05) is 6.92 Å². The van der Waals surface area contributed by atoms with Crippen molar-refractivity contribution in [1.82, 2.24) is 5.32 Å². The lowest BCUT2D eigenvalue weighted by Gasteiger charge is -2.28. The lowest BCUT2D eigenvalue weighted by molar-refractivity contribution is 0.0910. The second-order valence-corrected chi connectivity index (χ2v) is 5.94. The van der Waals surface area contributed by atoms with Gasteiger partial charge < -0.3 is 15.2 Å². The van der Waals surface area contributed by atoms with Crippen LogP contribution in [-0.4, -0.2) is 30.8 Å². The number of carbonyl (C=O) groups is 1. The molecule has 0 bridgehead atoms. The van der Waals surface area contributed by atoms with Crippen LogP contribution in [0.5, 0.6) is 5.75 Å². The molecule has 0 aromatic heterocycles. The predicted molar refractivity (Wildman–Crippen MR) is 83.3 cm³/mol. The van der Waals surface area contributed by atoms with E-state index in [0.29, 0.717) is 16.9 Å². The van der Waals surface area contributed by atoms with Gasteiger partial charge in [-0.1, -0.05) is 32.6 Å². The highest BCUT2D eigenvalue weighted by atomic mass is 16.5. The second kappa shape index (κ2) is 7.14. The van der Waals surface area contributed by atoms with Gasteiger partial charge in [0.25, 0.3) is 5.91 Å². The third kappa shape index (κ3) is 4.80. The zero-order valence-corrected chi connectivity index (χ0v) is 13.3. The molecule has 0 aliphatic rings. The van der Waals surface area contributed by atoms with E-state index in [-0.39, 0.29) is 24.0 Å². The van der Waals surface area contributed by atoms with E-state index in [9.17, 15) is 4.79 Å². The standard InChI is InChI=1S/C17H23NO3/c1-12(17(2,3)4)18-16(20)14-8-9-15(21-5)13(11-14)7-6-10-19/h8-9,11-12,19H,10H2,1-5H3,(H,18,20). The number of carbonyl (C=O) groups excluding carboxylic acids is 1. The number of aliphatic hydroxyl groups is 1. The number of aliphatic hydroxyl groups excluding tert-OH is 1. The Hall–Kier alpha value is -1.99. The zero-order chi connectivity index (χ0) is 16.0. The Kier molecular flexibility index (Phi) is 5.80. The van der Waals surface area contributed by atoms with Crippen molar-refractivity contribution in [2.24, 2.45) is 5.41 Å². The van der Waals surface area contributed by atoms with Crippen molar-refractivity contribution in [2.45, 2.75) is 33.7 Å². The van der Waals surface area contributed by atoms with E-state index >= 15 is 0 Å². The molecule has 1 amide bonds. The van der Waals surface area contributed by atoms with E-state index in [4.69, 9.17) is 9.84 Å². The molecule has 1 atom stereocenters. The van der Waals surface area contributed by atoms with Gasteiger partial charge >= 0.3 is 0 Å². The molecule has 0 radical (unpaired) electrons. The number of rotatable bonds is 3. The summed E-state index contributed by atoms with van der Waals surface area (Å²) in [5.41, 5.74) is 1.10. The lowest BCUT2D eigenvalue weighted by Crippen LogP contribution is -2.41. The summed E-state index contributed by atoms with van der Waals surface area (Å²) < 4.78 is 5.20. The quantitative estimate of drug-likeness (QED) is 0.839. The maximum atomic E-state index is 12.3. The number of hydrogen-bond donors (Lipinski definition) is 2. The SMILES string of the molecule is COc1ccc(C(=O)NC(C)C(C)(C)C)cc1C#CCO. The predicted octanol–water partition coefficient (Wildman–Crippen LogP) is 2.20. The number of benzene rings is 1. The van der Waals surface area contributed by atoms with Crippen LogP contribution in [0.4, 0.5) is 0 Å². The van der Waals surface area contributed by atoms with Crippen LogP contribution in [0.25, 0.3) is 0 Å². The molecule has 0 saturated carbocycles. The molecule has 4 nitrogen and oxygen atoms in total. The zero-order valence-electron chi connectivity index (χ0n) is 13.3. The van der Waals surface area contributed by atoms with Gasteiger partial charge in [0.1, 0.15) is 12.4 Å². The van der Waals surface area contributed by atoms with Crippen molar-refractivity contribution < 1.29 is 14.6 Å². The fraction of sp³-hybridized carbons (Fsp3) is 0.471. The number of amides is 1. The minimum atomic E-state index is -0.235. The molecule has 0 fully saturated rings. The van der Waals surface area contributed by atoms with Gasteiger partial charge in [0.2, 0.25) is 0 Å². The first-order valence-corrected chi connectivity index (χ1v) is 6.88. The van der Waals surface area contributed by atoms with E-state index in [1.165, 1.54) is 0 Å². The molecule has 1 aromatic rings. The van der Waals surface area contributed by atoms with Crippen molar-refractivity contribution in [1.29, 1.82) is 0 Å². The summed E-state index contributed by atoms with van der Waals surface area (Å²) in [6.07, 6.45) is 0. The summed E-state index contributed by atoms with van der Waals surface area (Å²) in [5, 5.41) is 11.8. The minimum absolute atomic E-state index is 0.0122. The van der Waals surface area contributed by atoms with E-state index in [0.717, 1.165) is 0 Å². The minimum Gasteiger partial charge on any atom is -0.495 e. The largest absolute Gasteiger partial charge is 0.495 e. The smallest absolute Gasteiger partial charge is 0.251 e. The van der Waals surface area contributed by atoms with Crippen molar-refractivity contribution in [3.05, 3.63) is 29.3 Å². The molecule has 0 spiro atoms. The Morgan fingerprint density at radius 1 is 1.43 bits per heavy atom. The Morgan fingerprint density at radius 2 is 2.10 bits per heavy atom. The molecule has 4 heteroatoms. The monoisotopic (exact) mass is 289 g/mol. The van der Waals surface area contributed by atoms with Crippen LogP contribution in [-0.2, 0) is 0 Å². The van der Waals surface area contributed by atoms with Crippen LogP contribution < -0.4 is 10.1 Å². The fourth-order valence-corrected chi connectivity index (χ4v) is 1.58. The fourth-order valence-electron chi connectivity index (χ4n) is 1.58. The Bertz CT molecular complexity index is 562. The highest BCUT2D eigenvalue weighted by Crippen LogP contribution is 2.21. The molecular formula is C17H23NO3. The average molecular weight is 289 g/mol. The number of ether oxygens (including phenoxy) is 1. The second-order valence-electron chi connectivity index (χ2n) is 5.94. The van der Waals surface area contributed by atoms with Crippen LogP contribution in [0, 0.1) is 17.3 Å². The van der Waals surface area contributed by atoms with Crippen LogP contribution >= 0.6 is 0 Å².